The Hall–Kier alpha value is -4.72. The summed E-state index contributed by atoms with van der Waals surface area (Å²) >= 11 is 0. The van der Waals surface area contributed by atoms with Gasteiger partial charge in [-0.1, -0.05) is 12.1 Å². The van der Waals surface area contributed by atoms with Gasteiger partial charge >= 0.3 is 0 Å². The molecule has 198 valence electrons. The highest BCUT2D eigenvalue weighted by Crippen LogP contribution is 2.38. The number of hydrogen-bond donors (Lipinski definition) is 0. The number of ether oxygens (including phenoxy) is 4. The van der Waals surface area contributed by atoms with Crippen LogP contribution in [0.15, 0.2) is 85.5 Å². The molecule has 2 aliphatic rings. The SMILES string of the molecule is COc1ccc2c(c1)OCC(C)(c1cccnc1)C2=O.COc1ccc2c(c1)OCC(c1cccnc1)C2=O. The van der Waals surface area contributed by atoms with Crippen LogP contribution in [0.4, 0.5) is 0 Å². The molecule has 2 atom stereocenters. The molecule has 0 radical (unpaired) electrons. The van der Waals surface area contributed by atoms with Crippen molar-refractivity contribution in [2.45, 2.75) is 18.3 Å². The van der Waals surface area contributed by atoms with Crippen LogP contribution < -0.4 is 18.9 Å². The largest absolute Gasteiger partial charge is 0.497 e. The zero-order chi connectivity index (χ0) is 27.4. The van der Waals surface area contributed by atoms with Crippen molar-refractivity contribution < 1.29 is 28.5 Å². The standard InChI is InChI=1S/C16H15NO3.C15H13NO3/c1-16(11-4-3-7-17-9-11)10-20-14-8-12(19-2)5-6-13(14)15(16)18;1-18-11-4-5-12-14(7-11)19-9-13(15(12)17)10-3-2-6-16-8-10/h3-9H,10H2,1-2H3;2-8,13H,9H2,1H3. The molecule has 2 aliphatic heterocycles. The molecule has 2 aromatic carbocycles. The van der Waals surface area contributed by atoms with Crippen LogP contribution >= 0.6 is 0 Å². The molecule has 0 amide bonds. The molecule has 0 saturated heterocycles. The number of carbonyl (C=O) groups excluding carboxylic acids is 2. The monoisotopic (exact) mass is 524 g/mol. The first-order valence-electron chi connectivity index (χ1n) is 12.5. The molecule has 39 heavy (non-hydrogen) atoms. The van der Waals surface area contributed by atoms with E-state index in [0.717, 1.165) is 11.1 Å². The second kappa shape index (κ2) is 10.9. The molecule has 6 rings (SSSR count). The molecular weight excluding hydrogens is 496 g/mol. The number of fused-ring (bicyclic) bond motifs is 2. The van der Waals surface area contributed by atoms with Crippen molar-refractivity contribution in [1.29, 1.82) is 0 Å². The van der Waals surface area contributed by atoms with Gasteiger partial charge < -0.3 is 18.9 Å². The van der Waals surface area contributed by atoms with E-state index in [0.29, 0.717) is 47.3 Å². The summed E-state index contributed by atoms with van der Waals surface area (Å²) in [5.41, 5.74) is 2.24. The van der Waals surface area contributed by atoms with Gasteiger partial charge in [0.1, 0.15) is 36.2 Å². The van der Waals surface area contributed by atoms with Gasteiger partial charge in [0.15, 0.2) is 11.6 Å². The zero-order valence-corrected chi connectivity index (χ0v) is 21.9. The normalized spacial score (nSPS) is 19.3. The summed E-state index contributed by atoms with van der Waals surface area (Å²) < 4.78 is 21.7. The molecule has 8 nitrogen and oxygen atoms in total. The summed E-state index contributed by atoms with van der Waals surface area (Å²) in [4.78, 5) is 33.4. The quantitative estimate of drug-likeness (QED) is 0.365. The van der Waals surface area contributed by atoms with Crippen molar-refractivity contribution in [3.63, 3.8) is 0 Å². The summed E-state index contributed by atoms with van der Waals surface area (Å²) in [5.74, 6) is 2.37. The molecule has 8 heteroatoms. The fourth-order valence-electron chi connectivity index (χ4n) is 4.64. The van der Waals surface area contributed by atoms with Gasteiger partial charge in [-0.2, -0.15) is 0 Å². The van der Waals surface area contributed by atoms with Gasteiger partial charge in [-0.25, -0.2) is 0 Å². The van der Waals surface area contributed by atoms with E-state index >= 15 is 0 Å². The van der Waals surface area contributed by atoms with Crippen LogP contribution in [0.2, 0.25) is 0 Å². The minimum absolute atomic E-state index is 0.0504. The van der Waals surface area contributed by atoms with Crippen LogP contribution in [0.25, 0.3) is 0 Å². The summed E-state index contributed by atoms with van der Waals surface area (Å²) in [7, 11) is 3.18. The smallest absolute Gasteiger partial charge is 0.180 e. The maximum absolute atomic E-state index is 12.8. The van der Waals surface area contributed by atoms with Crippen molar-refractivity contribution in [3.8, 4) is 23.0 Å². The highest BCUT2D eigenvalue weighted by atomic mass is 16.5. The van der Waals surface area contributed by atoms with Gasteiger partial charge in [-0.15, -0.1) is 0 Å². The van der Waals surface area contributed by atoms with E-state index in [4.69, 9.17) is 18.9 Å². The van der Waals surface area contributed by atoms with E-state index in [1.54, 1.807) is 75.4 Å². The number of hydrogen-bond acceptors (Lipinski definition) is 8. The molecule has 4 heterocycles. The van der Waals surface area contributed by atoms with Crippen LogP contribution in [0.3, 0.4) is 0 Å². The zero-order valence-electron chi connectivity index (χ0n) is 21.9. The average Bonchev–Trinajstić information content (AvgIpc) is 3.00. The predicted molar refractivity (Wildman–Crippen MR) is 144 cm³/mol. The van der Waals surface area contributed by atoms with Crippen molar-refractivity contribution in [3.05, 3.63) is 108 Å². The Bertz CT molecular complexity index is 1490. The molecular formula is C31H28N2O6. The van der Waals surface area contributed by atoms with E-state index in [-0.39, 0.29) is 17.5 Å². The van der Waals surface area contributed by atoms with E-state index in [1.807, 2.05) is 31.2 Å². The maximum atomic E-state index is 12.8. The molecule has 0 aliphatic carbocycles. The number of ketones is 2. The third kappa shape index (κ3) is 5.05. The van der Waals surface area contributed by atoms with Gasteiger partial charge in [0.25, 0.3) is 0 Å². The topological polar surface area (TPSA) is 96.8 Å². The van der Waals surface area contributed by atoms with Crippen molar-refractivity contribution in [2.24, 2.45) is 0 Å². The van der Waals surface area contributed by atoms with E-state index < -0.39 is 5.41 Å². The molecule has 2 aromatic heterocycles. The number of benzene rings is 2. The van der Waals surface area contributed by atoms with Gasteiger partial charge in [-0.3, -0.25) is 19.6 Å². The molecule has 2 unspecified atom stereocenters. The summed E-state index contributed by atoms with van der Waals surface area (Å²) in [6.45, 7) is 2.53. The first kappa shape index (κ1) is 25.9. The Labute approximate surface area is 226 Å². The molecule has 4 aromatic rings. The predicted octanol–water partition coefficient (Wildman–Crippen LogP) is 5.07. The lowest BCUT2D eigenvalue weighted by atomic mass is 9.76. The van der Waals surface area contributed by atoms with Crippen molar-refractivity contribution in [1.82, 2.24) is 9.97 Å². The van der Waals surface area contributed by atoms with E-state index in [9.17, 15) is 9.59 Å². The minimum atomic E-state index is -0.699. The molecule has 0 saturated carbocycles. The van der Waals surface area contributed by atoms with Crippen molar-refractivity contribution in [2.75, 3.05) is 27.4 Å². The number of carbonyl (C=O) groups is 2. The summed E-state index contributed by atoms with van der Waals surface area (Å²) in [6, 6.07) is 18.0. The lowest BCUT2D eigenvalue weighted by molar-refractivity contribution is 0.0790. The van der Waals surface area contributed by atoms with Gasteiger partial charge in [-0.05, 0) is 54.4 Å². The summed E-state index contributed by atoms with van der Waals surface area (Å²) in [5, 5.41) is 0. The van der Waals surface area contributed by atoms with Crippen LogP contribution in [0.1, 0.15) is 44.7 Å². The summed E-state index contributed by atoms with van der Waals surface area (Å²) in [6.07, 6.45) is 6.81. The molecule has 0 fully saturated rings. The Morgan fingerprint density at radius 2 is 1.46 bits per heavy atom. The molecule has 0 bridgehead atoms. The lowest BCUT2D eigenvalue weighted by Crippen LogP contribution is -2.42. The number of methoxy groups -OCH3 is 2. The van der Waals surface area contributed by atoms with Crippen molar-refractivity contribution >= 4 is 11.6 Å². The first-order chi connectivity index (χ1) is 18.9. The minimum Gasteiger partial charge on any atom is -0.497 e. The maximum Gasteiger partial charge on any atom is 0.180 e. The third-order valence-electron chi connectivity index (χ3n) is 7.01. The first-order valence-corrected chi connectivity index (χ1v) is 12.5. The van der Waals surface area contributed by atoms with E-state index in [2.05, 4.69) is 9.97 Å². The molecule has 0 N–H and O–H groups in total. The van der Waals surface area contributed by atoms with Crippen LogP contribution in [-0.4, -0.2) is 49.0 Å². The number of pyridine rings is 2. The fourth-order valence-corrected chi connectivity index (χ4v) is 4.64. The van der Waals surface area contributed by atoms with Gasteiger partial charge in [0.2, 0.25) is 0 Å². The number of aromatic nitrogens is 2. The average molecular weight is 525 g/mol. The van der Waals surface area contributed by atoms with Crippen LogP contribution in [0.5, 0.6) is 23.0 Å². The van der Waals surface area contributed by atoms with Gasteiger partial charge in [0.05, 0.1) is 36.7 Å². The Morgan fingerprint density at radius 3 is 2.08 bits per heavy atom. The Morgan fingerprint density at radius 1 is 0.821 bits per heavy atom. The number of rotatable bonds is 4. The third-order valence-corrected chi connectivity index (χ3v) is 7.01. The lowest BCUT2D eigenvalue weighted by Gasteiger charge is -2.33. The van der Waals surface area contributed by atoms with Crippen LogP contribution in [0, 0.1) is 0 Å². The fraction of sp³-hybridized carbons (Fsp3) is 0.226. The van der Waals surface area contributed by atoms with E-state index in [1.165, 1.54) is 0 Å². The van der Waals surface area contributed by atoms with Crippen LogP contribution in [-0.2, 0) is 5.41 Å². The second-order valence-corrected chi connectivity index (χ2v) is 9.43. The highest BCUT2D eigenvalue weighted by Gasteiger charge is 2.41. The Kier molecular flexibility index (Phi) is 7.27. The highest BCUT2D eigenvalue weighted by molar-refractivity contribution is 6.07. The number of nitrogens with zero attached hydrogens (tertiary/aromatic N) is 2. The Balaban J connectivity index is 0.000000158. The van der Waals surface area contributed by atoms with Gasteiger partial charge in [0, 0.05) is 36.9 Å². The second-order valence-electron chi connectivity index (χ2n) is 9.43. The molecule has 0 spiro atoms. The number of Topliss-reactive ketones (excluding diaryl/α,β-unsaturated/α-hetero) is 2.